The lowest BCUT2D eigenvalue weighted by Crippen LogP contribution is -2.44. The van der Waals surface area contributed by atoms with Crippen molar-refractivity contribution in [1.82, 2.24) is 0 Å². The van der Waals surface area contributed by atoms with Crippen molar-refractivity contribution in [2.75, 3.05) is 4.90 Å². The van der Waals surface area contributed by atoms with E-state index in [2.05, 4.69) is 81.1 Å². The molecule has 0 radical (unpaired) electrons. The van der Waals surface area contributed by atoms with E-state index in [9.17, 15) is 4.79 Å². The molecule has 0 aromatic heterocycles. The summed E-state index contributed by atoms with van der Waals surface area (Å²) in [5.74, 6) is 0.751. The SMILES string of the molecule is CC(C)c1cccc(C(C)C)c1N(C=O)C1(c2ccccc2)CCCC1. The fourth-order valence-corrected chi connectivity index (χ4v) is 4.53. The fourth-order valence-electron chi connectivity index (χ4n) is 4.53. The highest BCUT2D eigenvalue weighted by Gasteiger charge is 2.43. The van der Waals surface area contributed by atoms with Crippen LogP contribution in [0.25, 0.3) is 0 Å². The molecule has 2 aromatic carbocycles. The van der Waals surface area contributed by atoms with E-state index < -0.39 is 0 Å². The van der Waals surface area contributed by atoms with Crippen molar-refractivity contribution in [1.29, 1.82) is 0 Å². The summed E-state index contributed by atoms with van der Waals surface area (Å²) in [6.07, 6.45) is 5.48. The number of amides is 1. The lowest BCUT2D eigenvalue weighted by Gasteiger charge is -2.42. The second-order valence-electron chi connectivity index (χ2n) is 8.17. The van der Waals surface area contributed by atoms with Crippen molar-refractivity contribution < 1.29 is 4.79 Å². The first-order valence-electron chi connectivity index (χ1n) is 9.94. The minimum atomic E-state index is -0.225. The van der Waals surface area contributed by atoms with Gasteiger partial charge in [-0.15, -0.1) is 0 Å². The Bertz CT molecular complexity index is 716. The summed E-state index contributed by atoms with van der Waals surface area (Å²) in [7, 11) is 0. The molecular weight excluding hydrogens is 318 g/mol. The number of carbonyl (C=O) groups is 1. The smallest absolute Gasteiger partial charge is 0.214 e. The number of rotatable bonds is 6. The summed E-state index contributed by atoms with van der Waals surface area (Å²) in [6, 6.07) is 17.1. The predicted octanol–water partition coefficient (Wildman–Crippen LogP) is 6.37. The van der Waals surface area contributed by atoms with Crippen molar-refractivity contribution in [3.05, 3.63) is 65.2 Å². The maximum Gasteiger partial charge on any atom is 0.214 e. The van der Waals surface area contributed by atoms with Crippen LogP contribution in [0.4, 0.5) is 5.69 Å². The number of carbonyl (C=O) groups excluding carboxylic acids is 1. The minimum absolute atomic E-state index is 0.225. The molecule has 0 bridgehead atoms. The lowest BCUT2D eigenvalue weighted by molar-refractivity contribution is -0.108. The van der Waals surface area contributed by atoms with Crippen molar-refractivity contribution in [2.24, 2.45) is 0 Å². The first kappa shape index (κ1) is 18.7. The van der Waals surface area contributed by atoms with Gasteiger partial charge in [-0.3, -0.25) is 4.79 Å². The monoisotopic (exact) mass is 349 g/mol. The third-order valence-corrected chi connectivity index (χ3v) is 5.89. The molecule has 138 valence electrons. The van der Waals surface area contributed by atoms with Crippen LogP contribution in [0.5, 0.6) is 0 Å². The number of para-hydroxylation sites is 1. The van der Waals surface area contributed by atoms with Crippen molar-refractivity contribution in [3.8, 4) is 0 Å². The molecule has 0 saturated heterocycles. The van der Waals surface area contributed by atoms with E-state index >= 15 is 0 Å². The average molecular weight is 350 g/mol. The van der Waals surface area contributed by atoms with Crippen LogP contribution < -0.4 is 4.90 Å². The topological polar surface area (TPSA) is 20.3 Å². The molecule has 1 aliphatic rings. The molecule has 2 nitrogen and oxygen atoms in total. The van der Waals surface area contributed by atoms with Gasteiger partial charge in [0.25, 0.3) is 0 Å². The molecule has 1 amide bonds. The summed E-state index contributed by atoms with van der Waals surface area (Å²) in [5, 5.41) is 0. The van der Waals surface area contributed by atoms with Crippen molar-refractivity contribution >= 4 is 12.1 Å². The first-order valence-corrected chi connectivity index (χ1v) is 9.94. The predicted molar refractivity (Wildman–Crippen MR) is 110 cm³/mol. The van der Waals surface area contributed by atoms with Gasteiger partial charge in [0.1, 0.15) is 0 Å². The molecule has 0 atom stereocenters. The Morgan fingerprint density at radius 3 is 1.85 bits per heavy atom. The van der Waals surface area contributed by atoms with Gasteiger partial charge in [-0.25, -0.2) is 0 Å². The third-order valence-electron chi connectivity index (χ3n) is 5.89. The van der Waals surface area contributed by atoms with Gasteiger partial charge in [0.15, 0.2) is 0 Å². The van der Waals surface area contributed by atoms with E-state index in [4.69, 9.17) is 0 Å². The molecule has 0 spiro atoms. The Balaban J connectivity index is 2.24. The zero-order valence-electron chi connectivity index (χ0n) is 16.5. The minimum Gasteiger partial charge on any atom is -0.304 e. The van der Waals surface area contributed by atoms with Gasteiger partial charge in [0, 0.05) is 0 Å². The maximum atomic E-state index is 12.5. The Morgan fingerprint density at radius 1 is 0.846 bits per heavy atom. The molecule has 0 unspecified atom stereocenters. The van der Waals surface area contributed by atoms with E-state index in [0.717, 1.165) is 24.9 Å². The van der Waals surface area contributed by atoms with E-state index in [0.29, 0.717) is 11.8 Å². The Kier molecular flexibility index (Phi) is 5.50. The molecule has 26 heavy (non-hydrogen) atoms. The van der Waals surface area contributed by atoms with Gasteiger partial charge in [0.05, 0.1) is 11.2 Å². The largest absolute Gasteiger partial charge is 0.304 e. The number of benzene rings is 2. The van der Waals surface area contributed by atoms with E-state index in [1.54, 1.807) is 0 Å². The van der Waals surface area contributed by atoms with Gasteiger partial charge in [-0.05, 0) is 41.4 Å². The van der Waals surface area contributed by atoms with Gasteiger partial charge in [-0.1, -0.05) is 89.1 Å². The van der Waals surface area contributed by atoms with Crippen LogP contribution in [0.15, 0.2) is 48.5 Å². The second-order valence-corrected chi connectivity index (χ2v) is 8.17. The highest BCUT2D eigenvalue weighted by Crippen LogP contribution is 2.48. The number of hydrogen-bond acceptors (Lipinski definition) is 1. The highest BCUT2D eigenvalue weighted by molar-refractivity contribution is 5.82. The molecule has 1 saturated carbocycles. The van der Waals surface area contributed by atoms with E-state index in [1.165, 1.54) is 29.5 Å². The molecule has 3 rings (SSSR count). The zero-order valence-corrected chi connectivity index (χ0v) is 16.5. The second kappa shape index (κ2) is 7.65. The molecule has 0 N–H and O–H groups in total. The third kappa shape index (κ3) is 3.18. The number of anilines is 1. The summed E-state index contributed by atoms with van der Waals surface area (Å²) < 4.78 is 0. The van der Waals surface area contributed by atoms with E-state index in [-0.39, 0.29) is 5.54 Å². The number of hydrogen-bond donors (Lipinski definition) is 0. The average Bonchev–Trinajstić information content (AvgIpc) is 3.13. The van der Waals surface area contributed by atoms with Gasteiger partial charge in [0.2, 0.25) is 6.41 Å². The van der Waals surface area contributed by atoms with Gasteiger partial charge >= 0.3 is 0 Å². The number of nitrogens with zero attached hydrogens (tertiary/aromatic N) is 1. The Morgan fingerprint density at radius 2 is 1.38 bits per heavy atom. The molecule has 0 aliphatic heterocycles. The Labute approximate surface area is 158 Å². The van der Waals surface area contributed by atoms with Crippen LogP contribution in [0, 0.1) is 0 Å². The first-order chi connectivity index (χ1) is 12.5. The van der Waals surface area contributed by atoms with Gasteiger partial charge in [-0.2, -0.15) is 0 Å². The maximum absolute atomic E-state index is 12.5. The molecule has 1 fully saturated rings. The molecule has 2 aromatic rings. The van der Waals surface area contributed by atoms with Crippen LogP contribution in [0.1, 0.15) is 81.9 Å². The summed E-state index contributed by atoms with van der Waals surface area (Å²) in [6.45, 7) is 8.87. The fraction of sp³-hybridized carbons (Fsp3) is 0.458. The molecule has 0 heterocycles. The van der Waals surface area contributed by atoms with E-state index in [1.807, 2.05) is 0 Å². The Hall–Kier alpha value is -2.09. The molecular formula is C24H31NO. The summed E-state index contributed by atoms with van der Waals surface area (Å²) in [5.41, 5.74) is 4.71. The van der Waals surface area contributed by atoms with Crippen LogP contribution in [0.3, 0.4) is 0 Å². The lowest BCUT2D eigenvalue weighted by atomic mass is 9.83. The van der Waals surface area contributed by atoms with Crippen LogP contribution >= 0.6 is 0 Å². The van der Waals surface area contributed by atoms with Gasteiger partial charge < -0.3 is 4.90 Å². The zero-order chi connectivity index (χ0) is 18.7. The quantitative estimate of drug-likeness (QED) is 0.555. The summed E-state index contributed by atoms with van der Waals surface area (Å²) in [4.78, 5) is 14.6. The van der Waals surface area contributed by atoms with Crippen LogP contribution in [-0.2, 0) is 10.3 Å². The van der Waals surface area contributed by atoms with Crippen molar-refractivity contribution in [2.45, 2.75) is 70.8 Å². The molecule has 1 aliphatic carbocycles. The highest BCUT2D eigenvalue weighted by atomic mass is 16.1. The molecule has 2 heteroatoms. The summed E-state index contributed by atoms with van der Waals surface area (Å²) >= 11 is 0. The standard InChI is InChI=1S/C24H31NO/c1-18(2)21-13-10-14-22(19(3)4)23(21)25(17-26)24(15-8-9-16-24)20-11-6-5-7-12-20/h5-7,10-14,17-19H,8-9,15-16H2,1-4H3. The van der Waals surface area contributed by atoms with Crippen LogP contribution in [0.2, 0.25) is 0 Å². The normalized spacial score (nSPS) is 16.2. The van der Waals surface area contributed by atoms with Crippen LogP contribution in [-0.4, -0.2) is 6.41 Å². The van der Waals surface area contributed by atoms with Crippen molar-refractivity contribution in [3.63, 3.8) is 0 Å².